The van der Waals surface area contributed by atoms with Crippen molar-refractivity contribution in [1.82, 2.24) is 18.8 Å². The molecule has 1 saturated heterocycles. The predicted molar refractivity (Wildman–Crippen MR) is 147 cm³/mol. The van der Waals surface area contributed by atoms with Gasteiger partial charge in [0.2, 0.25) is 0 Å². The summed E-state index contributed by atoms with van der Waals surface area (Å²) in [5.41, 5.74) is 11.1. The highest BCUT2D eigenvalue weighted by Crippen LogP contribution is 2.57. The fourth-order valence-electron chi connectivity index (χ4n) is 7.94. The number of hydrogen-bond donors (Lipinski definition) is 2. The van der Waals surface area contributed by atoms with E-state index in [0.29, 0.717) is 36.8 Å². The molecule has 0 amide bonds. The molecule has 0 spiro atoms. The predicted octanol–water partition coefficient (Wildman–Crippen LogP) is 4.63. The molecule has 39 heavy (non-hydrogen) atoms. The lowest BCUT2D eigenvalue weighted by atomic mass is 9.51. The summed E-state index contributed by atoms with van der Waals surface area (Å²) in [7, 11) is 0. The van der Waals surface area contributed by atoms with Gasteiger partial charge in [0.25, 0.3) is 0 Å². The molecule has 3 heterocycles. The van der Waals surface area contributed by atoms with E-state index in [0.717, 1.165) is 51.6 Å². The number of fused-ring (bicyclic) bond motifs is 1. The quantitative estimate of drug-likeness (QED) is 0.489. The summed E-state index contributed by atoms with van der Waals surface area (Å²) in [5, 5.41) is 0. The molecule has 0 aromatic carbocycles. The first-order valence-corrected chi connectivity index (χ1v) is 14.4. The van der Waals surface area contributed by atoms with E-state index in [-0.39, 0.29) is 24.1 Å². The number of piperidine rings is 1. The molecule has 0 radical (unpaired) electrons. The lowest BCUT2D eigenvalue weighted by molar-refractivity contribution is -0.136. The lowest BCUT2D eigenvalue weighted by Crippen LogP contribution is -2.62. The third-order valence-electron chi connectivity index (χ3n) is 9.73. The van der Waals surface area contributed by atoms with Crippen LogP contribution in [0.3, 0.4) is 0 Å². The zero-order valence-corrected chi connectivity index (χ0v) is 23.1. The van der Waals surface area contributed by atoms with Gasteiger partial charge in [0.1, 0.15) is 0 Å². The van der Waals surface area contributed by atoms with Gasteiger partial charge in [-0.3, -0.25) is 18.8 Å². The number of likely N-dealkylation sites (tertiary alicyclic amines) is 1. The molecule has 0 bridgehead atoms. The Morgan fingerprint density at radius 2 is 1.95 bits per heavy atom. The van der Waals surface area contributed by atoms with Crippen LogP contribution in [0.4, 0.5) is 13.2 Å². The van der Waals surface area contributed by atoms with Crippen LogP contribution < -0.4 is 17.2 Å². The average Bonchev–Trinajstić information content (AvgIpc) is 3.21. The minimum absolute atomic E-state index is 0.0208. The summed E-state index contributed by atoms with van der Waals surface area (Å²) in [6.45, 7) is 3.64. The van der Waals surface area contributed by atoms with Crippen LogP contribution in [0.25, 0.3) is 5.52 Å². The fraction of sp³-hybridized carbons (Fsp3) is 0.759. The van der Waals surface area contributed by atoms with Gasteiger partial charge >= 0.3 is 11.9 Å². The zero-order valence-electron chi connectivity index (χ0n) is 26.1. The molecule has 4 atom stereocenters. The van der Waals surface area contributed by atoms with Crippen LogP contribution >= 0.6 is 0 Å². The number of pyridine rings is 1. The van der Waals surface area contributed by atoms with Crippen molar-refractivity contribution in [3.05, 3.63) is 40.1 Å². The second-order valence-electron chi connectivity index (χ2n) is 12.7. The smallest absolute Gasteiger partial charge is 0.318 e. The van der Waals surface area contributed by atoms with Crippen LogP contribution in [-0.4, -0.2) is 51.7 Å². The Kier molecular flexibility index (Phi) is 6.91. The normalized spacial score (nSPS) is 33.0. The molecule has 2 aliphatic carbocycles. The number of hydrogen-bond acceptors (Lipinski definition) is 5. The van der Waals surface area contributed by atoms with Crippen LogP contribution in [0.15, 0.2) is 23.3 Å². The monoisotopic (exact) mass is 553 g/mol. The van der Waals surface area contributed by atoms with Gasteiger partial charge in [-0.25, -0.2) is 4.79 Å². The van der Waals surface area contributed by atoms with E-state index >= 15 is 0 Å². The maximum atomic E-state index is 14.3. The Hall–Kier alpha value is -1.88. The second-order valence-corrected chi connectivity index (χ2v) is 12.7. The third kappa shape index (κ3) is 5.42. The Balaban J connectivity index is 1.47. The van der Waals surface area contributed by atoms with Gasteiger partial charge in [0, 0.05) is 47.7 Å². The summed E-state index contributed by atoms with van der Waals surface area (Å²) in [5.74, 6) is 0.884. The van der Waals surface area contributed by atoms with E-state index in [1.807, 2.05) is 0 Å². The summed E-state index contributed by atoms with van der Waals surface area (Å²) in [6.07, 6.45) is 3.99. The molecule has 10 heteroatoms. The minimum atomic E-state index is -4.61. The van der Waals surface area contributed by atoms with E-state index in [2.05, 4.69) is 18.7 Å². The molecular weight excluding hydrogens is 505 g/mol. The van der Waals surface area contributed by atoms with Crippen molar-refractivity contribution in [2.45, 2.75) is 90.1 Å². The molecule has 2 saturated carbocycles. The molecule has 3 fully saturated rings. The molecule has 7 nitrogen and oxygen atoms in total. The Morgan fingerprint density at radius 1 is 1.18 bits per heavy atom. The third-order valence-corrected chi connectivity index (χ3v) is 9.73. The standard InChI is InChI=1S/C29H45F3N6O/c1-19-6-5-9-36(14-19)15-21-10-24(29(30,31)32)25-17-37(27(39)38(25)16-21)23-8-4-7-22(11-23)28(12-20(2)13-28)26(34)35(3)18-33/h10,16-17,19-20,22-23,26H,4-9,11-15,18,33-34H2,1-3H3/t19-,20?,22?,23?,26?,28?/m0/s1/i3D3. The van der Waals surface area contributed by atoms with Crippen LogP contribution in [0.1, 0.15) is 86.5 Å². The number of rotatable bonds is 7. The van der Waals surface area contributed by atoms with Crippen molar-refractivity contribution in [1.29, 1.82) is 0 Å². The van der Waals surface area contributed by atoms with E-state index < -0.39 is 36.0 Å². The highest BCUT2D eigenvalue weighted by molar-refractivity contribution is 5.56. The number of aromatic nitrogens is 2. The summed E-state index contributed by atoms with van der Waals surface area (Å²) in [6, 6.07) is 0.893. The van der Waals surface area contributed by atoms with Gasteiger partial charge in [-0.15, -0.1) is 0 Å². The molecule has 2 aromatic heterocycles. The number of alkyl halides is 3. The SMILES string of the molecule is [2H]C([2H])([2H])N(CN)C(N)C1(C2CCCC(n3cc4c(C(F)(F)F)cc(CN5CCC[C@H](C)C5)cn4c3=O)C2)CC(C)C1. The highest BCUT2D eigenvalue weighted by atomic mass is 19.4. The second kappa shape index (κ2) is 10.8. The van der Waals surface area contributed by atoms with E-state index in [9.17, 15) is 18.0 Å². The number of nitrogens with two attached hydrogens (primary N) is 2. The minimum Gasteiger partial charge on any atom is -0.318 e. The van der Waals surface area contributed by atoms with Gasteiger partial charge in [-0.05, 0) is 87.8 Å². The first-order valence-electron chi connectivity index (χ1n) is 15.9. The first-order chi connectivity index (χ1) is 19.6. The van der Waals surface area contributed by atoms with Crippen LogP contribution in [0.2, 0.25) is 0 Å². The Morgan fingerprint density at radius 3 is 2.59 bits per heavy atom. The molecule has 4 N–H and O–H groups in total. The summed E-state index contributed by atoms with van der Waals surface area (Å²) in [4.78, 5) is 17.1. The molecule has 218 valence electrons. The number of imidazole rings is 1. The topological polar surface area (TPSA) is 84.9 Å². The van der Waals surface area contributed by atoms with Crippen LogP contribution in [0.5, 0.6) is 0 Å². The molecule has 2 aromatic rings. The highest BCUT2D eigenvalue weighted by Gasteiger charge is 2.53. The number of halogens is 3. The van der Waals surface area contributed by atoms with Crippen molar-refractivity contribution in [3.8, 4) is 0 Å². The van der Waals surface area contributed by atoms with Crippen LogP contribution in [0, 0.1) is 23.2 Å². The molecule has 3 unspecified atom stereocenters. The molecule has 1 aliphatic heterocycles. The molecular formula is C29H45F3N6O. The summed E-state index contributed by atoms with van der Waals surface area (Å²) >= 11 is 0. The first kappa shape index (κ1) is 24.9. The molecule has 3 aliphatic rings. The van der Waals surface area contributed by atoms with Gasteiger partial charge in [0.05, 0.1) is 17.2 Å². The fourth-order valence-corrected chi connectivity index (χ4v) is 7.94. The van der Waals surface area contributed by atoms with Crippen molar-refractivity contribution >= 4 is 5.52 Å². The maximum absolute atomic E-state index is 14.3. The van der Waals surface area contributed by atoms with Crippen LogP contribution in [-0.2, 0) is 12.7 Å². The maximum Gasteiger partial charge on any atom is 0.418 e. The van der Waals surface area contributed by atoms with Gasteiger partial charge in [0.15, 0.2) is 0 Å². The van der Waals surface area contributed by atoms with Gasteiger partial charge in [-0.1, -0.05) is 20.3 Å². The van der Waals surface area contributed by atoms with E-state index in [1.165, 1.54) is 26.1 Å². The molecule has 5 rings (SSSR count). The Bertz CT molecular complexity index is 1320. The largest absolute Gasteiger partial charge is 0.418 e. The average molecular weight is 554 g/mol. The summed E-state index contributed by atoms with van der Waals surface area (Å²) < 4.78 is 69.5. The van der Waals surface area contributed by atoms with E-state index in [4.69, 9.17) is 15.6 Å². The Labute approximate surface area is 233 Å². The van der Waals surface area contributed by atoms with Crippen molar-refractivity contribution in [2.75, 3.05) is 26.7 Å². The van der Waals surface area contributed by atoms with Gasteiger partial charge in [-0.2, -0.15) is 13.2 Å². The van der Waals surface area contributed by atoms with Crippen molar-refractivity contribution < 1.29 is 17.3 Å². The number of nitrogens with zero attached hydrogens (tertiary/aromatic N) is 4. The van der Waals surface area contributed by atoms with Crippen molar-refractivity contribution in [3.63, 3.8) is 0 Å². The zero-order chi connectivity index (χ0) is 30.6. The van der Waals surface area contributed by atoms with Gasteiger partial charge < -0.3 is 11.5 Å². The van der Waals surface area contributed by atoms with E-state index in [1.54, 1.807) is 6.20 Å². The van der Waals surface area contributed by atoms with Crippen molar-refractivity contribution in [2.24, 2.45) is 34.6 Å². The lowest BCUT2D eigenvalue weighted by Gasteiger charge is -2.58.